The smallest absolute Gasteiger partial charge is 0.410 e. The molecule has 0 aromatic heterocycles. The number of amides is 4. The van der Waals surface area contributed by atoms with Crippen molar-refractivity contribution in [2.24, 2.45) is 11.8 Å². The molecule has 0 spiro atoms. The zero-order chi connectivity index (χ0) is 35.4. The number of nitrogens with one attached hydrogen (secondary N) is 1. The Balaban J connectivity index is 0.00000650. The maximum absolute atomic E-state index is 14.4. The maximum Gasteiger partial charge on any atom is 0.410 e. The number of likely N-dealkylation sites (tertiary alicyclic amines) is 1. The van der Waals surface area contributed by atoms with Gasteiger partial charge in [0.05, 0.1) is 30.3 Å². The molecule has 4 rings (SSSR count). The van der Waals surface area contributed by atoms with Crippen molar-refractivity contribution in [1.29, 1.82) is 0 Å². The van der Waals surface area contributed by atoms with Crippen LogP contribution in [-0.4, -0.2) is 86.9 Å². The van der Waals surface area contributed by atoms with Crippen LogP contribution in [0.15, 0.2) is 36.4 Å². The Labute approximate surface area is 285 Å². The van der Waals surface area contributed by atoms with Crippen LogP contribution in [0.3, 0.4) is 0 Å². The van der Waals surface area contributed by atoms with Gasteiger partial charge in [-0.1, -0.05) is 12.1 Å². The number of carbonyl (C=O) groups is 4. The number of benzene rings is 2. The largest absolute Gasteiger partial charge is 0.495 e. The van der Waals surface area contributed by atoms with Gasteiger partial charge in [-0.15, -0.1) is 0 Å². The fourth-order valence-corrected chi connectivity index (χ4v) is 6.14. The first-order chi connectivity index (χ1) is 22.6. The average molecular weight is 669 g/mol. The molecule has 0 aliphatic carbocycles. The first-order valence-corrected chi connectivity index (χ1v) is 16.5. The number of piperidine rings is 1. The van der Waals surface area contributed by atoms with Gasteiger partial charge in [-0.3, -0.25) is 14.4 Å². The van der Waals surface area contributed by atoms with Gasteiger partial charge >= 0.3 is 6.09 Å². The van der Waals surface area contributed by atoms with Crippen molar-refractivity contribution in [2.45, 2.75) is 72.5 Å². The number of rotatable bonds is 10. The highest BCUT2D eigenvalue weighted by Crippen LogP contribution is 2.41. The predicted octanol–water partition coefficient (Wildman–Crippen LogP) is 5.65. The van der Waals surface area contributed by atoms with Crippen LogP contribution in [0.1, 0.15) is 61.4 Å². The summed E-state index contributed by atoms with van der Waals surface area (Å²) in [6, 6.07) is 10.8. The topological polar surface area (TPSA) is 127 Å². The Morgan fingerprint density at radius 2 is 1.81 bits per heavy atom. The summed E-state index contributed by atoms with van der Waals surface area (Å²) >= 11 is 0. The predicted molar refractivity (Wildman–Crippen MR) is 186 cm³/mol. The highest BCUT2D eigenvalue weighted by molar-refractivity contribution is 6.04. The Kier molecular flexibility index (Phi) is 11.3. The standard InChI is InChI=1S/C36H50N4O8.H2/c1-10-39(26-15-16-28-27(20-26)40(17-12-18-45-8)33(43)36(6,7)47-28)32(42)25-19-24(21-38(22-25)34(44)48-35(3,4)5)31(41)37-30-23(2)13-11-14-29(30)46-9;/h11,13-16,20,24-25H,10,12,17-19,21-22H2,1-9H3,(H,37,41);1H/t24-,25+;/m0./s1. The molecule has 1 N–H and O–H groups in total. The molecule has 4 amide bonds. The van der Waals surface area contributed by atoms with E-state index in [9.17, 15) is 19.2 Å². The number of ether oxygens (including phenoxy) is 4. The van der Waals surface area contributed by atoms with Gasteiger partial charge in [0.15, 0.2) is 5.60 Å². The Hall–Kier alpha value is -4.32. The average Bonchev–Trinajstić information content (AvgIpc) is 3.03. The van der Waals surface area contributed by atoms with Crippen LogP contribution in [0.4, 0.5) is 21.9 Å². The lowest BCUT2D eigenvalue weighted by molar-refractivity contribution is -0.132. The second-order valence-corrected chi connectivity index (χ2v) is 13.8. The summed E-state index contributed by atoms with van der Waals surface area (Å²) in [4.78, 5) is 59.6. The molecular formula is C36H52N4O8. The van der Waals surface area contributed by atoms with Gasteiger partial charge in [-0.05, 0) is 91.1 Å². The van der Waals surface area contributed by atoms with Gasteiger partial charge in [-0.25, -0.2) is 4.79 Å². The quantitative estimate of drug-likeness (QED) is 0.322. The van der Waals surface area contributed by atoms with E-state index < -0.39 is 29.1 Å². The van der Waals surface area contributed by atoms with Gasteiger partial charge in [-0.2, -0.15) is 0 Å². The second kappa shape index (κ2) is 14.8. The number of hydrogen-bond donors (Lipinski definition) is 1. The van der Waals surface area contributed by atoms with Crippen LogP contribution < -0.4 is 24.6 Å². The molecule has 12 heteroatoms. The van der Waals surface area contributed by atoms with Crippen molar-refractivity contribution in [1.82, 2.24) is 4.90 Å². The number of hydrogen-bond acceptors (Lipinski definition) is 8. The van der Waals surface area contributed by atoms with Crippen molar-refractivity contribution >= 4 is 40.9 Å². The van der Waals surface area contributed by atoms with E-state index in [1.54, 1.807) is 75.8 Å². The molecule has 2 aromatic carbocycles. The van der Waals surface area contributed by atoms with E-state index in [4.69, 9.17) is 18.9 Å². The van der Waals surface area contributed by atoms with Gasteiger partial charge in [0.25, 0.3) is 5.91 Å². The summed E-state index contributed by atoms with van der Waals surface area (Å²) in [5.74, 6) is -1.09. The Morgan fingerprint density at radius 1 is 1.10 bits per heavy atom. The molecule has 1 fully saturated rings. The summed E-state index contributed by atoms with van der Waals surface area (Å²) < 4.78 is 22.4. The lowest BCUT2D eigenvalue weighted by atomic mass is 9.87. The molecule has 264 valence electrons. The number of anilines is 3. The molecule has 1 saturated heterocycles. The minimum absolute atomic E-state index is 0. The minimum atomic E-state index is -1.05. The van der Waals surface area contributed by atoms with Crippen molar-refractivity contribution in [3.8, 4) is 11.5 Å². The SMILES string of the molecule is CCN(C(=O)[C@@H]1C[C@H](C(=O)Nc2c(C)cccc2OC)CN(C(=O)OC(C)(C)C)C1)c1ccc2c(c1)N(CCCOC)C(=O)C(C)(C)O2.[HH]. The van der Waals surface area contributed by atoms with Gasteiger partial charge in [0, 0.05) is 47.0 Å². The molecule has 2 aromatic rings. The molecule has 2 heterocycles. The van der Waals surface area contributed by atoms with E-state index in [2.05, 4.69) is 5.32 Å². The lowest BCUT2D eigenvalue weighted by Crippen LogP contribution is -2.53. The summed E-state index contributed by atoms with van der Waals surface area (Å²) in [6.07, 6.45) is 0.255. The van der Waals surface area contributed by atoms with Crippen molar-refractivity contribution in [3.63, 3.8) is 0 Å². The number of carbonyl (C=O) groups excluding carboxylic acids is 4. The third-order valence-corrected chi connectivity index (χ3v) is 8.51. The van der Waals surface area contributed by atoms with E-state index in [0.717, 1.165) is 5.56 Å². The van der Waals surface area contributed by atoms with Crippen molar-refractivity contribution in [3.05, 3.63) is 42.0 Å². The molecule has 0 radical (unpaired) electrons. The fraction of sp³-hybridized carbons (Fsp3) is 0.556. The fourth-order valence-electron chi connectivity index (χ4n) is 6.14. The molecule has 2 aliphatic rings. The number of aryl methyl sites for hydroxylation is 1. The van der Waals surface area contributed by atoms with E-state index in [0.29, 0.717) is 54.7 Å². The van der Waals surface area contributed by atoms with E-state index in [-0.39, 0.29) is 38.7 Å². The van der Waals surface area contributed by atoms with Crippen LogP contribution in [0.2, 0.25) is 0 Å². The van der Waals surface area contributed by atoms with Crippen LogP contribution in [-0.2, 0) is 23.9 Å². The Bertz CT molecular complexity index is 1520. The molecule has 12 nitrogen and oxygen atoms in total. The summed E-state index contributed by atoms with van der Waals surface area (Å²) in [5.41, 5.74) is 0.704. The summed E-state index contributed by atoms with van der Waals surface area (Å²) in [5, 5.41) is 2.98. The molecule has 0 saturated carbocycles. The van der Waals surface area contributed by atoms with Crippen LogP contribution in [0.5, 0.6) is 11.5 Å². The molecule has 48 heavy (non-hydrogen) atoms. The molecule has 2 aliphatic heterocycles. The molecule has 0 unspecified atom stereocenters. The van der Waals surface area contributed by atoms with Crippen molar-refractivity contribution < 1.29 is 39.6 Å². The number of fused-ring (bicyclic) bond motifs is 1. The highest BCUT2D eigenvalue weighted by Gasteiger charge is 2.43. The second-order valence-electron chi connectivity index (χ2n) is 13.8. The number of nitrogens with zero attached hydrogens (tertiary/aromatic N) is 3. The lowest BCUT2D eigenvalue weighted by Gasteiger charge is -2.40. The van der Waals surface area contributed by atoms with Gasteiger partial charge < -0.3 is 39.0 Å². The van der Waals surface area contributed by atoms with Gasteiger partial charge in [0.1, 0.15) is 17.1 Å². The first kappa shape index (κ1) is 36.5. The van der Waals surface area contributed by atoms with Crippen LogP contribution in [0, 0.1) is 18.8 Å². The zero-order valence-corrected chi connectivity index (χ0v) is 29.7. The monoisotopic (exact) mass is 668 g/mol. The van der Waals surface area contributed by atoms with Crippen LogP contribution in [0.25, 0.3) is 0 Å². The maximum atomic E-state index is 14.4. The zero-order valence-electron chi connectivity index (χ0n) is 29.7. The third kappa shape index (κ3) is 8.21. The van der Waals surface area contributed by atoms with Crippen molar-refractivity contribution in [2.75, 3.05) is 62.1 Å². The molecular weight excluding hydrogens is 616 g/mol. The van der Waals surface area contributed by atoms with Crippen LogP contribution >= 0.6 is 0 Å². The van der Waals surface area contributed by atoms with E-state index >= 15 is 0 Å². The van der Waals surface area contributed by atoms with E-state index in [1.807, 2.05) is 26.0 Å². The van der Waals surface area contributed by atoms with E-state index in [1.165, 1.54) is 12.0 Å². The number of methoxy groups -OCH3 is 2. The third-order valence-electron chi connectivity index (χ3n) is 8.51. The minimum Gasteiger partial charge on any atom is -0.495 e. The normalized spacial score (nSPS) is 18.8. The molecule has 0 bridgehead atoms. The number of para-hydroxylation sites is 1. The highest BCUT2D eigenvalue weighted by atomic mass is 16.6. The summed E-state index contributed by atoms with van der Waals surface area (Å²) in [7, 11) is 3.15. The molecule has 2 atom stereocenters. The first-order valence-electron chi connectivity index (χ1n) is 16.5. The summed E-state index contributed by atoms with van der Waals surface area (Å²) in [6.45, 7) is 13.9. The van der Waals surface area contributed by atoms with Gasteiger partial charge in [0.2, 0.25) is 11.8 Å². The Morgan fingerprint density at radius 3 is 2.46 bits per heavy atom.